The maximum atomic E-state index is 11.8. The first kappa shape index (κ1) is 16.8. The molecule has 3 aromatic heterocycles. The van der Waals surface area contributed by atoms with Gasteiger partial charge >= 0.3 is 0 Å². The molecule has 0 unspecified atom stereocenters. The van der Waals surface area contributed by atoms with Crippen LogP contribution in [-0.4, -0.2) is 34.2 Å². The van der Waals surface area contributed by atoms with Gasteiger partial charge in [-0.25, -0.2) is 4.98 Å². The molecule has 3 heterocycles. The third-order valence-electron chi connectivity index (χ3n) is 3.33. The van der Waals surface area contributed by atoms with Gasteiger partial charge in [0.15, 0.2) is 5.82 Å². The van der Waals surface area contributed by atoms with E-state index in [2.05, 4.69) is 31.1 Å². The Morgan fingerprint density at radius 2 is 1.84 bits per heavy atom. The predicted molar refractivity (Wildman–Crippen MR) is 99.4 cm³/mol. The van der Waals surface area contributed by atoms with Crippen molar-refractivity contribution in [3.63, 3.8) is 0 Å². The highest BCUT2D eigenvalue weighted by Gasteiger charge is 2.04. The summed E-state index contributed by atoms with van der Waals surface area (Å²) in [5.74, 6) is 1.91. The molecular weight excluding hydrogens is 336 g/mol. The largest absolute Gasteiger partial charge is 0.367 e. The third-order valence-corrected chi connectivity index (χ3v) is 4.02. The van der Waals surface area contributed by atoms with Gasteiger partial charge in [0.05, 0.1) is 0 Å². The van der Waals surface area contributed by atoms with Crippen molar-refractivity contribution in [1.82, 2.24) is 20.5 Å². The van der Waals surface area contributed by atoms with Gasteiger partial charge in [0.1, 0.15) is 11.6 Å². The lowest BCUT2D eigenvalue weighted by molar-refractivity contribution is 0.0955. The summed E-state index contributed by atoms with van der Waals surface area (Å²) in [4.78, 5) is 16.0. The van der Waals surface area contributed by atoms with Crippen molar-refractivity contribution in [3.8, 4) is 0 Å². The number of hydrogen-bond donors (Lipinski definition) is 3. The van der Waals surface area contributed by atoms with Gasteiger partial charge in [-0.1, -0.05) is 6.07 Å². The predicted octanol–water partition coefficient (Wildman–Crippen LogP) is 2.83. The molecule has 3 rings (SSSR count). The average Bonchev–Trinajstić information content (AvgIpc) is 3.17. The number of carbonyl (C=O) groups excluding carboxylic acids is 1. The van der Waals surface area contributed by atoms with Crippen molar-refractivity contribution in [3.05, 3.63) is 58.4 Å². The van der Waals surface area contributed by atoms with E-state index in [1.165, 1.54) is 11.3 Å². The molecular formula is C17H18N6OS. The Hall–Kier alpha value is -3.00. The molecule has 0 aliphatic rings. The van der Waals surface area contributed by atoms with Gasteiger partial charge < -0.3 is 16.0 Å². The van der Waals surface area contributed by atoms with E-state index in [0.717, 1.165) is 11.4 Å². The van der Waals surface area contributed by atoms with Crippen LogP contribution in [0.2, 0.25) is 0 Å². The van der Waals surface area contributed by atoms with Crippen LogP contribution in [0, 0.1) is 6.92 Å². The zero-order chi connectivity index (χ0) is 17.5. The molecule has 0 saturated heterocycles. The van der Waals surface area contributed by atoms with Gasteiger partial charge in [-0.15, -0.1) is 10.2 Å². The van der Waals surface area contributed by atoms with Crippen LogP contribution in [0.15, 0.2) is 47.3 Å². The number of amides is 1. The third kappa shape index (κ3) is 4.98. The number of thiophene rings is 1. The molecule has 0 bridgehead atoms. The van der Waals surface area contributed by atoms with Gasteiger partial charge in [-0.2, -0.15) is 11.3 Å². The van der Waals surface area contributed by atoms with Crippen molar-refractivity contribution in [2.75, 3.05) is 23.7 Å². The number of nitrogens with zero attached hydrogens (tertiary/aromatic N) is 3. The van der Waals surface area contributed by atoms with Crippen LogP contribution in [0.1, 0.15) is 15.9 Å². The first-order valence-corrected chi connectivity index (χ1v) is 8.73. The Bertz CT molecular complexity index is 802. The van der Waals surface area contributed by atoms with Crippen molar-refractivity contribution in [2.45, 2.75) is 6.92 Å². The molecule has 1 amide bonds. The lowest BCUT2D eigenvalue weighted by Gasteiger charge is -2.08. The fourth-order valence-corrected chi connectivity index (χ4v) is 2.66. The monoisotopic (exact) mass is 354 g/mol. The van der Waals surface area contributed by atoms with E-state index in [1.807, 2.05) is 41.9 Å². The smallest absolute Gasteiger partial charge is 0.252 e. The molecule has 0 fully saturated rings. The van der Waals surface area contributed by atoms with E-state index in [-0.39, 0.29) is 5.91 Å². The van der Waals surface area contributed by atoms with E-state index >= 15 is 0 Å². The highest BCUT2D eigenvalue weighted by atomic mass is 32.1. The molecule has 3 aromatic rings. The molecule has 0 aliphatic heterocycles. The quantitative estimate of drug-likeness (QED) is 0.565. The Kier molecular flexibility index (Phi) is 5.53. The summed E-state index contributed by atoms with van der Waals surface area (Å²) in [6.45, 7) is 3.06. The van der Waals surface area contributed by atoms with E-state index in [4.69, 9.17) is 0 Å². The van der Waals surface area contributed by atoms with E-state index in [1.54, 1.807) is 12.3 Å². The molecule has 0 saturated carbocycles. The van der Waals surface area contributed by atoms with Crippen LogP contribution in [-0.2, 0) is 0 Å². The molecule has 128 valence electrons. The fraction of sp³-hybridized carbons (Fsp3) is 0.176. The highest BCUT2D eigenvalue weighted by molar-refractivity contribution is 7.08. The average molecular weight is 354 g/mol. The van der Waals surface area contributed by atoms with E-state index in [9.17, 15) is 4.79 Å². The number of nitrogens with one attached hydrogen (secondary N) is 3. The Labute approximate surface area is 149 Å². The zero-order valence-corrected chi connectivity index (χ0v) is 14.5. The molecule has 0 aromatic carbocycles. The SMILES string of the molecule is Cc1ccc(Nc2ccc(NCCNC(=O)c3ccsc3)nn2)nc1. The number of aromatic nitrogens is 3. The maximum Gasteiger partial charge on any atom is 0.252 e. The normalized spacial score (nSPS) is 10.3. The second kappa shape index (κ2) is 8.20. The van der Waals surface area contributed by atoms with Crippen molar-refractivity contribution < 1.29 is 4.79 Å². The first-order chi connectivity index (χ1) is 12.2. The Morgan fingerprint density at radius 1 is 1.04 bits per heavy atom. The molecule has 0 atom stereocenters. The lowest BCUT2D eigenvalue weighted by atomic mass is 10.3. The number of carbonyl (C=O) groups is 1. The number of anilines is 3. The zero-order valence-electron chi connectivity index (χ0n) is 13.7. The molecule has 25 heavy (non-hydrogen) atoms. The molecule has 0 radical (unpaired) electrons. The Balaban J connectivity index is 1.43. The van der Waals surface area contributed by atoms with E-state index < -0.39 is 0 Å². The molecule has 3 N–H and O–H groups in total. The van der Waals surface area contributed by atoms with Crippen LogP contribution >= 0.6 is 11.3 Å². The molecule has 7 nitrogen and oxygen atoms in total. The molecule has 8 heteroatoms. The van der Waals surface area contributed by atoms with Gasteiger partial charge in [-0.05, 0) is 42.1 Å². The highest BCUT2D eigenvalue weighted by Crippen LogP contribution is 2.12. The number of rotatable bonds is 7. The standard InChI is InChI=1S/C17H18N6OS/c1-12-2-3-14(20-10-12)21-16-5-4-15(22-23-16)18-7-8-19-17(24)13-6-9-25-11-13/h2-6,9-11H,7-8H2,1H3,(H,18,22)(H,19,24)(H,20,21,23). The van der Waals surface area contributed by atoms with Crippen LogP contribution in [0.25, 0.3) is 0 Å². The fourth-order valence-electron chi connectivity index (χ4n) is 2.03. The summed E-state index contributed by atoms with van der Waals surface area (Å²) in [5, 5.41) is 20.9. The van der Waals surface area contributed by atoms with E-state index in [0.29, 0.717) is 30.3 Å². The minimum Gasteiger partial charge on any atom is -0.367 e. The summed E-state index contributed by atoms with van der Waals surface area (Å²) in [7, 11) is 0. The van der Waals surface area contributed by atoms with Crippen molar-refractivity contribution in [2.24, 2.45) is 0 Å². The summed E-state index contributed by atoms with van der Waals surface area (Å²) < 4.78 is 0. The number of aryl methyl sites for hydroxylation is 1. The summed E-state index contributed by atoms with van der Waals surface area (Å²) >= 11 is 1.50. The van der Waals surface area contributed by atoms with Crippen LogP contribution in [0.3, 0.4) is 0 Å². The maximum absolute atomic E-state index is 11.8. The summed E-state index contributed by atoms with van der Waals surface area (Å²) in [5.41, 5.74) is 1.78. The van der Waals surface area contributed by atoms with Gasteiger partial charge in [0.25, 0.3) is 5.91 Å². The topological polar surface area (TPSA) is 91.8 Å². The van der Waals surface area contributed by atoms with Crippen LogP contribution in [0.4, 0.5) is 17.5 Å². The number of pyridine rings is 1. The van der Waals surface area contributed by atoms with Crippen molar-refractivity contribution >= 4 is 34.7 Å². The van der Waals surface area contributed by atoms with Crippen molar-refractivity contribution in [1.29, 1.82) is 0 Å². The van der Waals surface area contributed by atoms with Crippen LogP contribution in [0.5, 0.6) is 0 Å². The summed E-state index contributed by atoms with van der Waals surface area (Å²) in [6, 6.07) is 9.31. The van der Waals surface area contributed by atoms with Crippen LogP contribution < -0.4 is 16.0 Å². The second-order valence-corrected chi connectivity index (χ2v) is 6.12. The minimum atomic E-state index is -0.0701. The summed E-state index contributed by atoms with van der Waals surface area (Å²) in [6.07, 6.45) is 1.79. The second-order valence-electron chi connectivity index (χ2n) is 5.34. The molecule has 0 aliphatic carbocycles. The number of hydrogen-bond acceptors (Lipinski definition) is 7. The van der Waals surface area contributed by atoms with Gasteiger partial charge in [-0.3, -0.25) is 4.79 Å². The molecule has 0 spiro atoms. The minimum absolute atomic E-state index is 0.0701. The first-order valence-electron chi connectivity index (χ1n) is 7.78. The van der Waals surface area contributed by atoms with Gasteiger partial charge in [0, 0.05) is 30.2 Å². The Morgan fingerprint density at radius 3 is 2.52 bits per heavy atom. The van der Waals surface area contributed by atoms with Gasteiger partial charge in [0.2, 0.25) is 0 Å². The lowest BCUT2D eigenvalue weighted by Crippen LogP contribution is -2.28.